The van der Waals surface area contributed by atoms with Crippen LogP contribution in [0.1, 0.15) is 11.1 Å². The molecule has 22 heavy (non-hydrogen) atoms. The molecule has 0 saturated heterocycles. The zero-order valence-electron chi connectivity index (χ0n) is 11.5. The molecule has 0 aliphatic carbocycles. The van der Waals surface area contributed by atoms with Crippen molar-refractivity contribution in [2.75, 3.05) is 5.32 Å². The molecule has 1 aromatic heterocycles. The lowest BCUT2D eigenvalue weighted by atomic mass is 10.1. The van der Waals surface area contributed by atoms with E-state index in [-0.39, 0.29) is 24.7 Å². The van der Waals surface area contributed by atoms with Crippen LogP contribution in [0, 0.1) is 0 Å². The Labute approximate surface area is 125 Å². The van der Waals surface area contributed by atoms with Crippen LogP contribution in [0.25, 0.3) is 0 Å². The van der Waals surface area contributed by atoms with Crippen LogP contribution < -0.4 is 10.1 Å². The topological polar surface area (TPSA) is 71.5 Å². The molecule has 2 aromatic rings. The molecule has 116 valence electrons. The van der Waals surface area contributed by atoms with Gasteiger partial charge >= 0.3 is 6.61 Å². The minimum atomic E-state index is -2.88. The highest BCUT2D eigenvalue weighted by molar-refractivity contribution is 5.92. The number of amides is 1. The zero-order chi connectivity index (χ0) is 15.9. The number of hydrogen-bond donors (Lipinski definition) is 2. The fourth-order valence-electron chi connectivity index (χ4n) is 1.84. The van der Waals surface area contributed by atoms with Gasteiger partial charge in [0.1, 0.15) is 5.75 Å². The van der Waals surface area contributed by atoms with E-state index in [0.717, 1.165) is 0 Å². The number of carbonyl (C=O) groups is 1. The summed E-state index contributed by atoms with van der Waals surface area (Å²) in [7, 11) is 0. The number of ether oxygens (including phenoxy) is 1. The van der Waals surface area contributed by atoms with Crippen LogP contribution in [0.4, 0.5) is 14.5 Å². The van der Waals surface area contributed by atoms with Gasteiger partial charge < -0.3 is 15.2 Å². The first-order valence-electron chi connectivity index (χ1n) is 6.46. The maximum atomic E-state index is 12.0. The average Bonchev–Trinajstić information content (AvgIpc) is 2.49. The van der Waals surface area contributed by atoms with E-state index in [1.165, 1.54) is 36.7 Å². The van der Waals surface area contributed by atoms with Crippen LogP contribution in [0.2, 0.25) is 0 Å². The molecule has 1 aromatic carbocycles. The minimum Gasteiger partial charge on any atom is -0.435 e. The van der Waals surface area contributed by atoms with E-state index >= 15 is 0 Å². The molecule has 0 aliphatic heterocycles. The van der Waals surface area contributed by atoms with Gasteiger partial charge in [-0.3, -0.25) is 9.78 Å². The number of alkyl halides is 2. The van der Waals surface area contributed by atoms with Crippen LogP contribution in [-0.2, 0) is 17.8 Å². The van der Waals surface area contributed by atoms with E-state index in [4.69, 9.17) is 5.11 Å². The smallest absolute Gasteiger partial charge is 0.387 e. The largest absolute Gasteiger partial charge is 0.435 e. The van der Waals surface area contributed by atoms with E-state index in [2.05, 4.69) is 15.0 Å². The first-order chi connectivity index (χ1) is 10.6. The van der Waals surface area contributed by atoms with Crippen molar-refractivity contribution in [2.45, 2.75) is 19.6 Å². The number of nitrogens with zero attached hydrogens (tertiary/aromatic N) is 1. The summed E-state index contributed by atoms with van der Waals surface area (Å²) in [6.07, 6.45) is 3.03. The Balaban J connectivity index is 1.97. The molecular weight excluding hydrogens is 294 g/mol. The summed E-state index contributed by atoms with van der Waals surface area (Å²) in [4.78, 5) is 15.8. The predicted molar refractivity (Wildman–Crippen MR) is 75.6 cm³/mol. The van der Waals surface area contributed by atoms with Gasteiger partial charge in [0.15, 0.2) is 0 Å². The van der Waals surface area contributed by atoms with Crippen molar-refractivity contribution in [3.8, 4) is 5.75 Å². The Morgan fingerprint density at radius 1 is 1.27 bits per heavy atom. The molecule has 0 atom stereocenters. The molecule has 0 spiro atoms. The lowest BCUT2D eigenvalue weighted by Crippen LogP contribution is -2.15. The van der Waals surface area contributed by atoms with Crippen LogP contribution in [-0.4, -0.2) is 22.6 Å². The quantitative estimate of drug-likeness (QED) is 0.859. The number of nitrogens with one attached hydrogen (secondary N) is 1. The van der Waals surface area contributed by atoms with Gasteiger partial charge in [-0.05, 0) is 23.8 Å². The molecule has 1 amide bonds. The first-order valence-corrected chi connectivity index (χ1v) is 6.46. The van der Waals surface area contributed by atoms with Gasteiger partial charge in [0.2, 0.25) is 5.91 Å². The number of carbonyl (C=O) groups excluding carboxylic acids is 1. The Morgan fingerprint density at radius 2 is 2.00 bits per heavy atom. The fraction of sp³-hybridized carbons (Fsp3) is 0.200. The number of hydrogen-bond acceptors (Lipinski definition) is 4. The number of benzene rings is 1. The zero-order valence-corrected chi connectivity index (χ0v) is 11.5. The summed E-state index contributed by atoms with van der Waals surface area (Å²) in [5.74, 6) is -0.265. The minimum absolute atomic E-state index is 0.0361. The molecule has 5 nitrogen and oxygen atoms in total. The maximum absolute atomic E-state index is 12.0. The number of anilines is 1. The molecule has 2 rings (SSSR count). The van der Waals surface area contributed by atoms with Crippen molar-refractivity contribution < 1.29 is 23.4 Å². The molecule has 2 N–H and O–H groups in total. The number of pyridine rings is 1. The second kappa shape index (κ2) is 7.46. The van der Waals surface area contributed by atoms with Gasteiger partial charge in [-0.2, -0.15) is 8.78 Å². The van der Waals surface area contributed by atoms with Gasteiger partial charge in [-0.15, -0.1) is 0 Å². The van der Waals surface area contributed by atoms with Crippen LogP contribution in [0.15, 0.2) is 42.7 Å². The molecule has 0 radical (unpaired) electrons. The van der Waals surface area contributed by atoms with Crippen molar-refractivity contribution in [3.63, 3.8) is 0 Å². The standard InChI is InChI=1S/C15H14F2N2O3/c16-15(17)22-12-3-1-10(2-4-12)7-14(21)19-13-8-18-6-5-11(13)9-20/h1-6,8,15,20H,7,9H2,(H,19,21). The summed E-state index contributed by atoms with van der Waals surface area (Å²) in [6, 6.07) is 7.42. The second-order valence-corrected chi connectivity index (χ2v) is 4.44. The highest BCUT2D eigenvalue weighted by atomic mass is 19.3. The first kappa shape index (κ1) is 15.8. The summed E-state index contributed by atoms with van der Waals surface area (Å²) < 4.78 is 28.3. The Morgan fingerprint density at radius 3 is 2.64 bits per heavy atom. The van der Waals surface area contributed by atoms with Crippen molar-refractivity contribution in [1.82, 2.24) is 4.98 Å². The van der Waals surface area contributed by atoms with E-state index in [1.54, 1.807) is 6.07 Å². The summed E-state index contributed by atoms with van der Waals surface area (Å²) in [5, 5.41) is 11.8. The molecule has 0 unspecified atom stereocenters. The summed E-state index contributed by atoms with van der Waals surface area (Å²) >= 11 is 0. The lowest BCUT2D eigenvalue weighted by molar-refractivity contribution is -0.115. The number of halogens is 2. The van der Waals surface area contributed by atoms with Crippen molar-refractivity contribution >= 4 is 11.6 Å². The van der Waals surface area contributed by atoms with E-state index in [9.17, 15) is 13.6 Å². The van der Waals surface area contributed by atoms with Crippen molar-refractivity contribution in [2.24, 2.45) is 0 Å². The van der Waals surface area contributed by atoms with Crippen LogP contribution in [0.5, 0.6) is 5.75 Å². The SMILES string of the molecule is O=C(Cc1ccc(OC(F)F)cc1)Nc1cnccc1CO. The molecule has 0 saturated carbocycles. The third-order valence-electron chi connectivity index (χ3n) is 2.87. The lowest BCUT2D eigenvalue weighted by Gasteiger charge is -2.09. The average molecular weight is 308 g/mol. The van der Waals surface area contributed by atoms with Crippen molar-refractivity contribution in [1.29, 1.82) is 0 Å². The number of aliphatic hydroxyl groups excluding tert-OH is 1. The van der Waals surface area contributed by atoms with E-state index in [0.29, 0.717) is 16.8 Å². The summed E-state index contributed by atoms with van der Waals surface area (Å²) in [6.45, 7) is -3.09. The van der Waals surface area contributed by atoms with E-state index in [1.807, 2.05) is 0 Å². The fourth-order valence-corrected chi connectivity index (χ4v) is 1.84. The van der Waals surface area contributed by atoms with Gasteiger partial charge in [0, 0.05) is 11.8 Å². The molecule has 0 bridgehead atoms. The second-order valence-electron chi connectivity index (χ2n) is 4.44. The van der Waals surface area contributed by atoms with Gasteiger partial charge in [0.05, 0.1) is 24.9 Å². The molecule has 0 aliphatic rings. The number of rotatable bonds is 6. The maximum Gasteiger partial charge on any atom is 0.387 e. The molecule has 0 fully saturated rings. The molecule has 7 heteroatoms. The third-order valence-corrected chi connectivity index (χ3v) is 2.87. The van der Waals surface area contributed by atoms with Crippen LogP contribution >= 0.6 is 0 Å². The molecular formula is C15H14F2N2O3. The molecule has 1 heterocycles. The summed E-state index contributed by atoms with van der Waals surface area (Å²) in [5.41, 5.74) is 1.64. The Kier molecular flexibility index (Phi) is 5.37. The van der Waals surface area contributed by atoms with Gasteiger partial charge in [-0.1, -0.05) is 12.1 Å². The monoisotopic (exact) mass is 308 g/mol. The van der Waals surface area contributed by atoms with Crippen LogP contribution in [0.3, 0.4) is 0 Å². The normalized spacial score (nSPS) is 10.5. The third kappa shape index (κ3) is 4.49. The Bertz CT molecular complexity index is 633. The Hall–Kier alpha value is -2.54. The highest BCUT2D eigenvalue weighted by Gasteiger charge is 2.09. The van der Waals surface area contributed by atoms with E-state index < -0.39 is 6.61 Å². The number of aromatic nitrogens is 1. The van der Waals surface area contributed by atoms with Gasteiger partial charge in [-0.25, -0.2) is 0 Å². The van der Waals surface area contributed by atoms with Gasteiger partial charge in [0.25, 0.3) is 0 Å². The highest BCUT2D eigenvalue weighted by Crippen LogP contribution is 2.17. The predicted octanol–water partition coefficient (Wildman–Crippen LogP) is 2.36. The van der Waals surface area contributed by atoms with Crippen molar-refractivity contribution in [3.05, 3.63) is 53.9 Å². The number of aliphatic hydroxyl groups is 1.